The molecule has 28 heavy (non-hydrogen) atoms. The third-order valence-corrected chi connectivity index (χ3v) is 5.17. The highest BCUT2D eigenvalue weighted by atomic mass is 127. The summed E-state index contributed by atoms with van der Waals surface area (Å²) in [5, 5.41) is 7.03. The van der Waals surface area contributed by atoms with Crippen LogP contribution in [0, 0.1) is 0 Å². The first-order valence-electron chi connectivity index (χ1n) is 9.87. The van der Waals surface area contributed by atoms with Gasteiger partial charge in [0.25, 0.3) is 0 Å². The van der Waals surface area contributed by atoms with Crippen molar-refractivity contribution in [2.24, 2.45) is 4.99 Å². The molecule has 0 spiro atoms. The fraction of sp³-hybridized carbons (Fsp3) is 0.455. The first-order valence-corrected chi connectivity index (χ1v) is 9.87. The Morgan fingerprint density at radius 2 is 1.96 bits per heavy atom. The van der Waals surface area contributed by atoms with Crippen molar-refractivity contribution in [2.45, 2.75) is 45.3 Å². The lowest BCUT2D eigenvalue weighted by Crippen LogP contribution is -2.49. The Bertz CT molecular complexity index is 740. The second-order valence-electron chi connectivity index (χ2n) is 7.39. The summed E-state index contributed by atoms with van der Waals surface area (Å²) in [6, 6.07) is 15.6. The van der Waals surface area contributed by atoms with Crippen LogP contribution < -0.4 is 10.6 Å². The van der Waals surface area contributed by atoms with E-state index in [1.165, 1.54) is 5.56 Å². The zero-order valence-corrected chi connectivity index (χ0v) is 19.4. The quantitative estimate of drug-likeness (QED) is 0.377. The predicted octanol–water partition coefficient (Wildman–Crippen LogP) is 3.90. The average Bonchev–Trinajstić information content (AvgIpc) is 2.72. The molecule has 0 bridgehead atoms. The molecule has 1 aromatic heterocycles. The van der Waals surface area contributed by atoms with E-state index in [4.69, 9.17) is 0 Å². The summed E-state index contributed by atoms with van der Waals surface area (Å²) in [4.78, 5) is 11.4. The van der Waals surface area contributed by atoms with Crippen LogP contribution in [0.15, 0.2) is 53.7 Å². The van der Waals surface area contributed by atoms with Gasteiger partial charge in [-0.05, 0) is 50.5 Å². The van der Waals surface area contributed by atoms with E-state index in [0.717, 1.165) is 49.7 Å². The fourth-order valence-corrected chi connectivity index (χ4v) is 3.51. The van der Waals surface area contributed by atoms with Gasteiger partial charge in [-0.3, -0.25) is 9.98 Å². The van der Waals surface area contributed by atoms with Crippen molar-refractivity contribution in [1.29, 1.82) is 0 Å². The molecular formula is C22H32IN5. The number of piperidine rings is 1. The van der Waals surface area contributed by atoms with E-state index in [0.29, 0.717) is 12.1 Å². The molecular weight excluding hydrogens is 461 g/mol. The number of benzene rings is 1. The number of nitrogens with zero attached hydrogens (tertiary/aromatic N) is 3. The van der Waals surface area contributed by atoms with Crippen LogP contribution in [-0.4, -0.2) is 48.1 Å². The number of rotatable bonds is 5. The summed E-state index contributed by atoms with van der Waals surface area (Å²) >= 11 is 0. The van der Waals surface area contributed by atoms with Crippen molar-refractivity contribution >= 4 is 29.9 Å². The third kappa shape index (κ3) is 6.44. The summed E-state index contributed by atoms with van der Waals surface area (Å²) in [6.45, 7) is 7.59. The lowest BCUT2D eigenvalue weighted by Gasteiger charge is -2.35. The minimum atomic E-state index is 0. The molecule has 6 heteroatoms. The standard InChI is InChI=1S/C22H31N5.HI/c1-17(2)27-13-10-20(11-14-27)26-22(23-3)25-16-18-7-6-8-19(15-18)21-9-4-5-12-24-21;/h4-9,12,15,17,20H,10-11,13-14,16H2,1-3H3,(H2,23,25,26);1H. The Kier molecular flexibility index (Phi) is 9.18. The maximum atomic E-state index is 4.44. The van der Waals surface area contributed by atoms with E-state index in [9.17, 15) is 0 Å². The molecule has 0 unspecified atom stereocenters. The van der Waals surface area contributed by atoms with Gasteiger partial charge in [-0.1, -0.05) is 24.3 Å². The number of hydrogen-bond donors (Lipinski definition) is 2. The van der Waals surface area contributed by atoms with Crippen LogP contribution >= 0.6 is 24.0 Å². The monoisotopic (exact) mass is 493 g/mol. The first kappa shape index (κ1) is 22.6. The van der Waals surface area contributed by atoms with Crippen LogP contribution in [0.5, 0.6) is 0 Å². The second-order valence-corrected chi connectivity index (χ2v) is 7.39. The number of hydrogen-bond acceptors (Lipinski definition) is 3. The van der Waals surface area contributed by atoms with Gasteiger partial charge in [0.1, 0.15) is 0 Å². The molecule has 5 nitrogen and oxygen atoms in total. The molecule has 0 radical (unpaired) electrons. The molecule has 1 aliphatic rings. The summed E-state index contributed by atoms with van der Waals surface area (Å²) < 4.78 is 0. The Labute approximate surface area is 186 Å². The van der Waals surface area contributed by atoms with Crippen molar-refractivity contribution in [2.75, 3.05) is 20.1 Å². The van der Waals surface area contributed by atoms with Crippen LogP contribution in [0.25, 0.3) is 11.3 Å². The van der Waals surface area contributed by atoms with Gasteiger partial charge in [0.2, 0.25) is 0 Å². The van der Waals surface area contributed by atoms with Crippen molar-refractivity contribution in [1.82, 2.24) is 20.5 Å². The molecule has 2 heterocycles. The summed E-state index contributed by atoms with van der Waals surface area (Å²) in [5.41, 5.74) is 3.36. The van der Waals surface area contributed by atoms with E-state index < -0.39 is 0 Å². The number of halogens is 1. The van der Waals surface area contributed by atoms with Crippen molar-refractivity contribution in [3.05, 3.63) is 54.2 Å². The first-order chi connectivity index (χ1) is 13.2. The topological polar surface area (TPSA) is 52.6 Å². The summed E-state index contributed by atoms with van der Waals surface area (Å²) in [6.07, 6.45) is 4.15. The maximum Gasteiger partial charge on any atom is 0.191 e. The Balaban J connectivity index is 0.00000280. The number of aliphatic imine (C=N–C) groups is 1. The minimum Gasteiger partial charge on any atom is -0.354 e. The number of aromatic nitrogens is 1. The highest BCUT2D eigenvalue weighted by Gasteiger charge is 2.21. The van der Waals surface area contributed by atoms with E-state index in [1.54, 1.807) is 0 Å². The lowest BCUT2D eigenvalue weighted by atomic mass is 10.0. The molecule has 2 N–H and O–H groups in total. The summed E-state index contributed by atoms with van der Waals surface area (Å²) in [5.74, 6) is 0.876. The van der Waals surface area contributed by atoms with Crippen LogP contribution in [0.2, 0.25) is 0 Å². The number of pyridine rings is 1. The largest absolute Gasteiger partial charge is 0.354 e. The van der Waals surface area contributed by atoms with Gasteiger partial charge < -0.3 is 15.5 Å². The van der Waals surface area contributed by atoms with Crippen molar-refractivity contribution in [3.8, 4) is 11.3 Å². The van der Waals surface area contributed by atoms with Crippen LogP contribution in [0.1, 0.15) is 32.3 Å². The summed E-state index contributed by atoms with van der Waals surface area (Å²) in [7, 11) is 1.84. The molecule has 1 aromatic carbocycles. The number of nitrogens with one attached hydrogen (secondary N) is 2. The zero-order chi connectivity index (χ0) is 19.1. The second kappa shape index (κ2) is 11.4. The van der Waals surface area contributed by atoms with E-state index in [-0.39, 0.29) is 24.0 Å². The van der Waals surface area contributed by atoms with Crippen LogP contribution in [-0.2, 0) is 6.54 Å². The van der Waals surface area contributed by atoms with Gasteiger partial charge in [-0.15, -0.1) is 24.0 Å². The van der Waals surface area contributed by atoms with Gasteiger partial charge in [0.05, 0.1) is 5.69 Å². The van der Waals surface area contributed by atoms with Crippen molar-refractivity contribution in [3.63, 3.8) is 0 Å². The molecule has 1 aliphatic heterocycles. The maximum absolute atomic E-state index is 4.44. The molecule has 0 amide bonds. The normalized spacial score (nSPS) is 15.9. The SMILES string of the molecule is CN=C(NCc1cccc(-c2ccccn2)c1)NC1CCN(C(C)C)CC1.I. The molecule has 1 saturated heterocycles. The van der Waals surface area contributed by atoms with Gasteiger partial charge in [0, 0.05) is 50.5 Å². The van der Waals surface area contributed by atoms with E-state index in [2.05, 4.69) is 63.6 Å². The Hall–Kier alpha value is -1.67. The molecule has 1 fully saturated rings. The lowest BCUT2D eigenvalue weighted by molar-refractivity contribution is 0.167. The Morgan fingerprint density at radius 1 is 1.18 bits per heavy atom. The van der Waals surface area contributed by atoms with Gasteiger partial charge in [-0.25, -0.2) is 0 Å². The molecule has 0 saturated carbocycles. The van der Waals surface area contributed by atoms with Crippen LogP contribution in [0.4, 0.5) is 0 Å². The highest BCUT2D eigenvalue weighted by Crippen LogP contribution is 2.17. The van der Waals surface area contributed by atoms with Gasteiger partial charge in [-0.2, -0.15) is 0 Å². The molecule has 152 valence electrons. The minimum absolute atomic E-state index is 0. The third-order valence-electron chi connectivity index (χ3n) is 5.17. The molecule has 2 aromatic rings. The number of guanidine groups is 1. The van der Waals surface area contributed by atoms with E-state index in [1.807, 2.05) is 31.4 Å². The highest BCUT2D eigenvalue weighted by molar-refractivity contribution is 14.0. The molecule has 3 rings (SSSR count). The Morgan fingerprint density at radius 3 is 2.61 bits per heavy atom. The van der Waals surface area contributed by atoms with Gasteiger partial charge >= 0.3 is 0 Å². The fourth-order valence-electron chi connectivity index (χ4n) is 3.51. The smallest absolute Gasteiger partial charge is 0.191 e. The number of likely N-dealkylation sites (tertiary alicyclic amines) is 1. The zero-order valence-electron chi connectivity index (χ0n) is 17.1. The average molecular weight is 493 g/mol. The molecule has 0 aliphatic carbocycles. The molecule has 0 atom stereocenters. The van der Waals surface area contributed by atoms with Crippen LogP contribution in [0.3, 0.4) is 0 Å². The van der Waals surface area contributed by atoms with Gasteiger partial charge in [0.15, 0.2) is 5.96 Å². The van der Waals surface area contributed by atoms with Crippen molar-refractivity contribution < 1.29 is 0 Å². The van der Waals surface area contributed by atoms with E-state index >= 15 is 0 Å². The predicted molar refractivity (Wildman–Crippen MR) is 128 cm³/mol.